The molecule has 29 heavy (non-hydrogen) atoms. The Hall–Kier alpha value is -3.61. The Balaban J connectivity index is 1.59. The summed E-state index contributed by atoms with van der Waals surface area (Å²) in [5, 5.41) is 19.2. The molecule has 4 rings (SSSR count). The normalized spacial score (nSPS) is 14.2. The topological polar surface area (TPSA) is 91.4 Å². The highest BCUT2D eigenvalue weighted by Gasteiger charge is 2.31. The summed E-state index contributed by atoms with van der Waals surface area (Å²) in [7, 11) is 3.24. The number of aliphatic hydroxyl groups is 1. The second-order valence-corrected chi connectivity index (χ2v) is 7.20. The Morgan fingerprint density at radius 3 is 2.66 bits per heavy atom. The molecule has 2 aromatic carbocycles. The van der Waals surface area contributed by atoms with Gasteiger partial charge in [-0.15, -0.1) is 0 Å². The largest absolute Gasteiger partial charge is 0.510 e. The van der Waals surface area contributed by atoms with Crippen LogP contribution in [0.15, 0.2) is 48.2 Å². The lowest BCUT2D eigenvalue weighted by atomic mass is 10.1. The van der Waals surface area contributed by atoms with E-state index < -0.39 is 0 Å². The van der Waals surface area contributed by atoms with Crippen molar-refractivity contribution in [1.82, 2.24) is 14.5 Å². The van der Waals surface area contributed by atoms with Crippen molar-refractivity contribution in [2.45, 2.75) is 13.5 Å². The van der Waals surface area contributed by atoms with Gasteiger partial charge in [0.1, 0.15) is 17.4 Å². The number of carbonyl (C=O) groups excluding carboxylic acids is 1. The van der Waals surface area contributed by atoms with Crippen LogP contribution in [-0.4, -0.2) is 45.0 Å². The van der Waals surface area contributed by atoms with Crippen LogP contribution in [0.4, 0.5) is 0 Å². The van der Waals surface area contributed by atoms with Gasteiger partial charge in [-0.3, -0.25) is 5.41 Å². The fourth-order valence-electron chi connectivity index (χ4n) is 3.62. The van der Waals surface area contributed by atoms with Gasteiger partial charge in [-0.1, -0.05) is 18.2 Å². The highest BCUT2D eigenvalue weighted by Crippen LogP contribution is 2.30. The number of benzene rings is 2. The van der Waals surface area contributed by atoms with E-state index in [9.17, 15) is 9.90 Å². The molecule has 0 saturated carbocycles. The van der Waals surface area contributed by atoms with Crippen LogP contribution >= 0.6 is 0 Å². The summed E-state index contributed by atoms with van der Waals surface area (Å²) in [6, 6.07) is 13.1. The third-order valence-corrected chi connectivity index (χ3v) is 5.19. The molecular weight excluding hydrogens is 368 g/mol. The van der Waals surface area contributed by atoms with Crippen LogP contribution in [0.1, 0.15) is 27.3 Å². The quantitative estimate of drug-likeness (QED) is 0.666. The van der Waals surface area contributed by atoms with Gasteiger partial charge >= 0.3 is 5.97 Å². The molecule has 7 heteroatoms. The number of rotatable bonds is 4. The van der Waals surface area contributed by atoms with Gasteiger partial charge in [-0.25, -0.2) is 9.78 Å². The molecule has 0 amide bonds. The van der Waals surface area contributed by atoms with Crippen molar-refractivity contribution < 1.29 is 14.6 Å². The number of nitrogens with one attached hydrogen (secondary N) is 1. The van der Waals surface area contributed by atoms with Crippen LogP contribution in [0.25, 0.3) is 16.6 Å². The third kappa shape index (κ3) is 3.24. The van der Waals surface area contributed by atoms with Crippen molar-refractivity contribution in [1.29, 1.82) is 5.41 Å². The van der Waals surface area contributed by atoms with Gasteiger partial charge in [-0.05, 0) is 42.3 Å². The Kier molecular flexibility index (Phi) is 4.58. The zero-order chi connectivity index (χ0) is 20.7. The van der Waals surface area contributed by atoms with Gasteiger partial charge in [0.15, 0.2) is 0 Å². The van der Waals surface area contributed by atoms with Crippen LogP contribution in [0, 0.1) is 12.3 Å². The second kappa shape index (κ2) is 7.09. The lowest BCUT2D eigenvalue weighted by molar-refractivity contribution is 0.0600. The minimum Gasteiger partial charge on any atom is -0.510 e. The summed E-state index contributed by atoms with van der Waals surface area (Å²) < 4.78 is 6.62. The number of fused-ring (bicyclic) bond motifs is 1. The van der Waals surface area contributed by atoms with E-state index in [0.717, 1.165) is 22.2 Å². The monoisotopic (exact) mass is 390 g/mol. The molecule has 2 N–H and O–H groups in total. The SMILES string of the molecule is COC(=O)c1ccc(CN2CC(O)=C(c3nc4cc(C)ccc4n3C)C2=N)cc1. The molecule has 0 radical (unpaired) electrons. The Morgan fingerprint density at radius 1 is 1.24 bits per heavy atom. The molecule has 0 atom stereocenters. The van der Waals surface area contributed by atoms with Crippen molar-refractivity contribution in [2.24, 2.45) is 7.05 Å². The fourth-order valence-corrected chi connectivity index (χ4v) is 3.62. The molecule has 7 nitrogen and oxygen atoms in total. The van der Waals surface area contributed by atoms with Gasteiger partial charge in [-0.2, -0.15) is 0 Å². The number of imidazole rings is 1. The predicted octanol–water partition coefficient (Wildman–Crippen LogP) is 3.43. The fraction of sp³-hybridized carbons (Fsp3) is 0.227. The summed E-state index contributed by atoms with van der Waals surface area (Å²) >= 11 is 0. The number of esters is 1. The predicted molar refractivity (Wildman–Crippen MR) is 111 cm³/mol. The van der Waals surface area contributed by atoms with Crippen LogP contribution in [0.2, 0.25) is 0 Å². The minimum atomic E-state index is -0.385. The van der Waals surface area contributed by atoms with Crippen molar-refractivity contribution in [3.8, 4) is 0 Å². The lowest BCUT2D eigenvalue weighted by Gasteiger charge is -2.19. The maximum absolute atomic E-state index is 11.6. The smallest absolute Gasteiger partial charge is 0.337 e. The van der Waals surface area contributed by atoms with Crippen molar-refractivity contribution in [3.05, 3.63) is 70.7 Å². The van der Waals surface area contributed by atoms with Crippen molar-refractivity contribution in [2.75, 3.05) is 13.7 Å². The summed E-state index contributed by atoms with van der Waals surface area (Å²) in [5.74, 6) is 0.562. The molecule has 0 fully saturated rings. The Labute approximate surface area is 168 Å². The number of ether oxygens (including phenoxy) is 1. The molecule has 1 aromatic heterocycles. The second-order valence-electron chi connectivity index (χ2n) is 7.20. The molecular formula is C22H22N4O3. The van der Waals surface area contributed by atoms with E-state index in [0.29, 0.717) is 23.5 Å². The highest BCUT2D eigenvalue weighted by atomic mass is 16.5. The van der Waals surface area contributed by atoms with Crippen LogP contribution < -0.4 is 0 Å². The van der Waals surface area contributed by atoms with E-state index in [1.165, 1.54) is 7.11 Å². The molecule has 0 spiro atoms. The maximum Gasteiger partial charge on any atom is 0.337 e. The molecule has 2 heterocycles. The molecule has 0 unspecified atom stereocenters. The number of hydrogen-bond donors (Lipinski definition) is 2. The number of carbonyl (C=O) groups is 1. The van der Waals surface area contributed by atoms with E-state index in [1.54, 1.807) is 17.0 Å². The zero-order valence-corrected chi connectivity index (χ0v) is 16.6. The van der Waals surface area contributed by atoms with Crippen LogP contribution in [-0.2, 0) is 18.3 Å². The van der Waals surface area contributed by atoms with Gasteiger partial charge in [0, 0.05) is 13.6 Å². The van der Waals surface area contributed by atoms with Crippen LogP contribution in [0.5, 0.6) is 0 Å². The van der Waals surface area contributed by atoms with Gasteiger partial charge < -0.3 is 19.3 Å². The number of aryl methyl sites for hydroxylation is 2. The summed E-state index contributed by atoms with van der Waals surface area (Å²) in [4.78, 5) is 18.0. The molecule has 148 valence electrons. The lowest BCUT2D eigenvalue weighted by Crippen LogP contribution is -2.26. The Morgan fingerprint density at radius 2 is 1.97 bits per heavy atom. The molecule has 3 aromatic rings. The highest BCUT2D eigenvalue weighted by molar-refractivity contribution is 6.23. The number of nitrogens with zero attached hydrogens (tertiary/aromatic N) is 3. The number of hydrogen-bond acceptors (Lipinski definition) is 5. The van der Waals surface area contributed by atoms with E-state index in [1.807, 2.05) is 48.9 Å². The molecule has 0 saturated heterocycles. The first-order valence-corrected chi connectivity index (χ1v) is 9.25. The number of aromatic nitrogens is 2. The van der Waals surface area contributed by atoms with E-state index in [2.05, 4.69) is 4.98 Å². The number of aliphatic hydroxyl groups excluding tert-OH is 1. The Bertz CT molecular complexity index is 1160. The standard InChI is InChI=1S/C22H22N4O3/c1-13-4-9-17-16(10-13)24-21(25(17)2)19-18(27)12-26(20(19)23)11-14-5-7-15(8-6-14)22(28)29-3/h4-10,23,27H,11-12H2,1-3H3. The number of methoxy groups -OCH3 is 1. The van der Waals surface area contributed by atoms with E-state index in [4.69, 9.17) is 10.1 Å². The summed E-state index contributed by atoms with van der Waals surface area (Å²) in [6.45, 7) is 2.70. The van der Waals surface area contributed by atoms with Gasteiger partial charge in [0.2, 0.25) is 0 Å². The van der Waals surface area contributed by atoms with E-state index in [-0.39, 0.29) is 24.1 Å². The van der Waals surface area contributed by atoms with Crippen molar-refractivity contribution >= 4 is 28.4 Å². The van der Waals surface area contributed by atoms with Gasteiger partial charge in [0.05, 0.1) is 35.8 Å². The molecule has 0 aliphatic carbocycles. The summed E-state index contributed by atoms with van der Waals surface area (Å²) in [5.41, 5.74) is 4.76. The first kappa shape index (κ1) is 18.7. The maximum atomic E-state index is 11.6. The third-order valence-electron chi connectivity index (χ3n) is 5.19. The number of amidine groups is 1. The molecule has 1 aliphatic rings. The first-order chi connectivity index (χ1) is 13.9. The average molecular weight is 390 g/mol. The van der Waals surface area contributed by atoms with E-state index >= 15 is 0 Å². The minimum absolute atomic E-state index is 0.135. The van der Waals surface area contributed by atoms with Crippen LogP contribution in [0.3, 0.4) is 0 Å². The first-order valence-electron chi connectivity index (χ1n) is 9.25. The van der Waals surface area contributed by atoms with Gasteiger partial charge in [0.25, 0.3) is 0 Å². The molecule has 0 bridgehead atoms. The molecule has 1 aliphatic heterocycles. The average Bonchev–Trinajstić information content (AvgIpc) is 3.16. The van der Waals surface area contributed by atoms with Crippen molar-refractivity contribution in [3.63, 3.8) is 0 Å². The summed E-state index contributed by atoms with van der Waals surface area (Å²) in [6.07, 6.45) is 0. The zero-order valence-electron chi connectivity index (χ0n) is 16.6.